The highest BCUT2D eigenvalue weighted by Gasteiger charge is 2.07. The van der Waals surface area contributed by atoms with Crippen molar-refractivity contribution in [2.45, 2.75) is 0 Å². The number of hydrogen-bond acceptors (Lipinski definition) is 3. The molecule has 14 heavy (non-hydrogen) atoms. The summed E-state index contributed by atoms with van der Waals surface area (Å²) in [5.74, 6) is 1.50. The lowest BCUT2D eigenvalue weighted by Crippen LogP contribution is -1.86. The van der Waals surface area contributed by atoms with Crippen molar-refractivity contribution in [2.24, 2.45) is 0 Å². The minimum absolute atomic E-state index is 0.181. The van der Waals surface area contributed by atoms with Crippen molar-refractivity contribution in [3.63, 3.8) is 0 Å². The van der Waals surface area contributed by atoms with Crippen LogP contribution in [0.1, 0.15) is 0 Å². The number of benzene rings is 1. The summed E-state index contributed by atoms with van der Waals surface area (Å²) in [6.45, 7) is 0. The van der Waals surface area contributed by atoms with Crippen molar-refractivity contribution in [1.82, 2.24) is 9.97 Å². The molecule has 2 N–H and O–H groups in total. The topological polar surface area (TPSA) is 58.1 Å². The van der Waals surface area contributed by atoms with E-state index in [1.807, 2.05) is 0 Å². The molecule has 0 spiro atoms. The molecule has 0 aliphatic carbocycles. The molecule has 0 aliphatic rings. The number of methoxy groups -OCH3 is 1. The number of aromatic hydroxyl groups is 1. The lowest BCUT2D eigenvalue weighted by Gasteiger charge is -2.04. The van der Waals surface area contributed by atoms with Crippen LogP contribution >= 0.6 is 0 Å². The average molecular weight is 190 g/mol. The Morgan fingerprint density at radius 3 is 2.93 bits per heavy atom. The normalized spacial score (nSPS) is 10.1. The van der Waals surface area contributed by atoms with Crippen molar-refractivity contribution in [3.8, 4) is 22.9 Å². The first kappa shape index (κ1) is 8.62. The third-order valence-corrected chi connectivity index (χ3v) is 1.96. The second-order valence-corrected chi connectivity index (χ2v) is 2.82. The summed E-state index contributed by atoms with van der Waals surface area (Å²) >= 11 is 0. The van der Waals surface area contributed by atoms with E-state index in [1.54, 1.807) is 37.7 Å². The first-order valence-electron chi connectivity index (χ1n) is 4.18. The van der Waals surface area contributed by atoms with Gasteiger partial charge in [-0.15, -0.1) is 0 Å². The van der Waals surface area contributed by atoms with Crippen LogP contribution in [-0.4, -0.2) is 22.2 Å². The number of ether oxygens (including phenoxy) is 1. The molecule has 0 atom stereocenters. The zero-order valence-electron chi connectivity index (χ0n) is 7.69. The summed E-state index contributed by atoms with van der Waals surface area (Å²) in [5, 5.41) is 9.59. The minimum Gasteiger partial charge on any atom is -0.507 e. The lowest BCUT2D eigenvalue weighted by atomic mass is 10.2. The van der Waals surface area contributed by atoms with Crippen LogP contribution in [0.15, 0.2) is 30.6 Å². The van der Waals surface area contributed by atoms with Crippen LogP contribution in [0.5, 0.6) is 11.5 Å². The Labute approximate surface area is 81.2 Å². The van der Waals surface area contributed by atoms with Crippen LogP contribution < -0.4 is 4.74 Å². The van der Waals surface area contributed by atoms with Crippen molar-refractivity contribution in [3.05, 3.63) is 30.6 Å². The first-order valence-corrected chi connectivity index (χ1v) is 4.18. The highest BCUT2D eigenvalue weighted by molar-refractivity contribution is 5.65. The third-order valence-electron chi connectivity index (χ3n) is 1.96. The number of nitrogens with zero attached hydrogens (tertiary/aromatic N) is 1. The fourth-order valence-electron chi connectivity index (χ4n) is 1.24. The molecule has 0 unspecified atom stereocenters. The van der Waals surface area contributed by atoms with Crippen LogP contribution in [0.2, 0.25) is 0 Å². The minimum atomic E-state index is 0.181. The van der Waals surface area contributed by atoms with E-state index in [9.17, 15) is 5.11 Å². The number of aromatic amines is 1. The van der Waals surface area contributed by atoms with E-state index >= 15 is 0 Å². The van der Waals surface area contributed by atoms with Gasteiger partial charge in [-0.05, 0) is 18.2 Å². The molecule has 1 heterocycles. The number of phenolic OH excluding ortho intramolecular Hbond substituents is 1. The Kier molecular flexibility index (Phi) is 2.10. The quantitative estimate of drug-likeness (QED) is 0.759. The number of aromatic nitrogens is 2. The number of imidazole rings is 1. The molecule has 0 radical (unpaired) electrons. The van der Waals surface area contributed by atoms with E-state index in [2.05, 4.69) is 9.97 Å². The van der Waals surface area contributed by atoms with Crippen LogP contribution in [0.4, 0.5) is 0 Å². The molecule has 0 fully saturated rings. The second kappa shape index (κ2) is 3.41. The fourth-order valence-corrected chi connectivity index (χ4v) is 1.24. The van der Waals surface area contributed by atoms with Gasteiger partial charge in [-0.2, -0.15) is 0 Å². The van der Waals surface area contributed by atoms with Gasteiger partial charge in [-0.25, -0.2) is 4.98 Å². The summed E-state index contributed by atoms with van der Waals surface area (Å²) in [7, 11) is 1.58. The smallest absolute Gasteiger partial charge is 0.141 e. The van der Waals surface area contributed by atoms with Crippen molar-refractivity contribution >= 4 is 0 Å². The van der Waals surface area contributed by atoms with Crippen LogP contribution in [0.25, 0.3) is 11.4 Å². The Morgan fingerprint density at radius 2 is 2.29 bits per heavy atom. The van der Waals surface area contributed by atoms with E-state index in [4.69, 9.17) is 4.74 Å². The van der Waals surface area contributed by atoms with Crippen LogP contribution in [0, 0.1) is 0 Å². The molecule has 0 aliphatic heterocycles. The standard InChI is InChI=1S/C10H10N2O2/c1-14-7-2-3-9(13)8(6-7)10-11-4-5-12-10/h2-6,13H,1H3,(H,11,12). The highest BCUT2D eigenvalue weighted by Crippen LogP contribution is 2.29. The average Bonchev–Trinajstić information content (AvgIpc) is 2.71. The summed E-state index contributed by atoms with van der Waals surface area (Å²) < 4.78 is 5.06. The third kappa shape index (κ3) is 1.42. The summed E-state index contributed by atoms with van der Waals surface area (Å²) in [5.41, 5.74) is 0.634. The Balaban J connectivity index is 2.51. The van der Waals surface area contributed by atoms with Gasteiger partial charge in [0.05, 0.1) is 12.7 Å². The predicted octanol–water partition coefficient (Wildman–Crippen LogP) is 1.79. The maximum atomic E-state index is 9.59. The van der Waals surface area contributed by atoms with Gasteiger partial charge >= 0.3 is 0 Å². The largest absolute Gasteiger partial charge is 0.507 e. The van der Waals surface area contributed by atoms with Crippen LogP contribution in [-0.2, 0) is 0 Å². The van der Waals surface area contributed by atoms with Crippen LogP contribution in [0.3, 0.4) is 0 Å². The molecule has 4 nitrogen and oxygen atoms in total. The highest BCUT2D eigenvalue weighted by atomic mass is 16.5. The van der Waals surface area contributed by atoms with Gasteiger partial charge in [0.25, 0.3) is 0 Å². The van der Waals surface area contributed by atoms with E-state index in [1.165, 1.54) is 0 Å². The van der Waals surface area contributed by atoms with Gasteiger partial charge in [-0.1, -0.05) is 0 Å². The molecule has 4 heteroatoms. The summed E-state index contributed by atoms with van der Waals surface area (Å²) in [4.78, 5) is 6.97. The number of phenols is 1. The van der Waals surface area contributed by atoms with E-state index in [0.717, 1.165) is 0 Å². The van der Waals surface area contributed by atoms with Gasteiger partial charge in [0.15, 0.2) is 0 Å². The maximum absolute atomic E-state index is 9.59. The van der Waals surface area contributed by atoms with Gasteiger partial charge < -0.3 is 14.8 Å². The molecule has 1 aromatic carbocycles. The monoisotopic (exact) mass is 190 g/mol. The predicted molar refractivity (Wildman–Crippen MR) is 52.2 cm³/mol. The van der Waals surface area contributed by atoms with Crippen molar-refractivity contribution < 1.29 is 9.84 Å². The molecule has 0 amide bonds. The van der Waals surface area contributed by atoms with Gasteiger partial charge in [-0.3, -0.25) is 0 Å². The molecular formula is C10H10N2O2. The fraction of sp³-hybridized carbons (Fsp3) is 0.100. The zero-order chi connectivity index (χ0) is 9.97. The number of hydrogen-bond donors (Lipinski definition) is 2. The summed E-state index contributed by atoms with van der Waals surface area (Å²) in [6, 6.07) is 5.01. The van der Waals surface area contributed by atoms with Crippen molar-refractivity contribution in [2.75, 3.05) is 7.11 Å². The van der Waals surface area contributed by atoms with Gasteiger partial charge in [0, 0.05) is 12.4 Å². The lowest BCUT2D eigenvalue weighted by molar-refractivity contribution is 0.412. The Morgan fingerprint density at radius 1 is 1.43 bits per heavy atom. The molecule has 2 rings (SSSR count). The number of rotatable bonds is 2. The van der Waals surface area contributed by atoms with E-state index in [-0.39, 0.29) is 5.75 Å². The van der Waals surface area contributed by atoms with Gasteiger partial charge in [0.2, 0.25) is 0 Å². The molecule has 2 aromatic rings. The number of H-pyrrole nitrogens is 1. The molecular weight excluding hydrogens is 180 g/mol. The van der Waals surface area contributed by atoms with E-state index in [0.29, 0.717) is 17.1 Å². The SMILES string of the molecule is COc1ccc(O)c(-c2ncc[nH]2)c1. The summed E-state index contributed by atoms with van der Waals surface area (Å²) in [6.07, 6.45) is 3.34. The van der Waals surface area contributed by atoms with Crippen molar-refractivity contribution in [1.29, 1.82) is 0 Å². The number of nitrogens with one attached hydrogen (secondary N) is 1. The zero-order valence-corrected chi connectivity index (χ0v) is 7.69. The molecule has 0 bridgehead atoms. The van der Waals surface area contributed by atoms with E-state index < -0.39 is 0 Å². The molecule has 0 saturated heterocycles. The Hall–Kier alpha value is -1.97. The Bertz CT molecular complexity index is 424. The second-order valence-electron chi connectivity index (χ2n) is 2.82. The molecule has 1 aromatic heterocycles. The molecule has 72 valence electrons. The van der Waals surface area contributed by atoms with Gasteiger partial charge in [0.1, 0.15) is 17.3 Å². The molecule has 0 saturated carbocycles. The first-order chi connectivity index (χ1) is 6.81. The maximum Gasteiger partial charge on any atom is 0.141 e.